The van der Waals surface area contributed by atoms with Crippen molar-refractivity contribution >= 4 is 11.6 Å². The van der Waals surface area contributed by atoms with E-state index in [1.807, 2.05) is 6.92 Å². The van der Waals surface area contributed by atoms with Gasteiger partial charge in [0.25, 0.3) is 0 Å². The average Bonchev–Trinajstić information content (AvgIpc) is 2.76. The number of hydrogen-bond acceptors (Lipinski definition) is 3. The van der Waals surface area contributed by atoms with Gasteiger partial charge in [0, 0.05) is 5.02 Å². The first kappa shape index (κ1) is 12.0. The highest BCUT2D eigenvalue weighted by atomic mass is 35.5. The third-order valence-corrected chi connectivity index (χ3v) is 2.57. The zero-order valence-electron chi connectivity index (χ0n) is 9.14. The van der Waals surface area contributed by atoms with Crippen molar-refractivity contribution in [1.29, 1.82) is 0 Å². The Bertz CT molecular complexity index is 509. The summed E-state index contributed by atoms with van der Waals surface area (Å²) in [6, 6.07) is 4.08. The van der Waals surface area contributed by atoms with Crippen molar-refractivity contribution in [1.82, 2.24) is 15.0 Å². The molecule has 0 saturated carbocycles. The second-order valence-electron chi connectivity index (χ2n) is 3.64. The molecule has 1 unspecified atom stereocenters. The van der Waals surface area contributed by atoms with Crippen LogP contribution in [0.3, 0.4) is 0 Å². The predicted molar refractivity (Wildman–Crippen MR) is 61.6 cm³/mol. The zero-order chi connectivity index (χ0) is 12.4. The maximum atomic E-state index is 13.1. The van der Waals surface area contributed by atoms with Gasteiger partial charge in [-0.15, -0.1) is 5.10 Å². The summed E-state index contributed by atoms with van der Waals surface area (Å²) in [5.74, 6) is -0.444. The lowest BCUT2D eigenvalue weighted by atomic mass is 10.2. The molecule has 0 fully saturated rings. The molecule has 0 saturated heterocycles. The molecule has 1 N–H and O–H groups in total. The molecule has 0 bridgehead atoms. The van der Waals surface area contributed by atoms with E-state index in [-0.39, 0.29) is 5.02 Å². The highest BCUT2D eigenvalue weighted by Crippen LogP contribution is 2.19. The van der Waals surface area contributed by atoms with Gasteiger partial charge in [-0.05, 0) is 24.6 Å². The van der Waals surface area contributed by atoms with Crippen LogP contribution in [0.2, 0.25) is 5.02 Å². The van der Waals surface area contributed by atoms with Gasteiger partial charge in [-0.25, -0.2) is 9.07 Å². The van der Waals surface area contributed by atoms with Crippen LogP contribution in [0.1, 0.15) is 25.1 Å². The SMILES string of the molecule is CCC(O)c1cn(-c2cc(F)cc(Cl)c2)nn1. The Morgan fingerprint density at radius 1 is 1.47 bits per heavy atom. The van der Waals surface area contributed by atoms with Gasteiger partial charge in [-0.3, -0.25) is 0 Å². The lowest BCUT2D eigenvalue weighted by Gasteiger charge is -2.02. The van der Waals surface area contributed by atoms with E-state index in [4.69, 9.17) is 11.6 Å². The summed E-state index contributed by atoms with van der Waals surface area (Å²) in [6.07, 6.45) is 1.44. The third-order valence-electron chi connectivity index (χ3n) is 2.35. The molecule has 4 nitrogen and oxygen atoms in total. The van der Waals surface area contributed by atoms with Crippen molar-refractivity contribution in [3.63, 3.8) is 0 Å². The number of aromatic nitrogens is 3. The number of aliphatic hydroxyl groups is 1. The molecule has 0 aliphatic carbocycles. The van der Waals surface area contributed by atoms with E-state index in [2.05, 4.69) is 10.3 Å². The van der Waals surface area contributed by atoms with Crippen LogP contribution in [-0.2, 0) is 0 Å². The van der Waals surface area contributed by atoms with Gasteiger partial charge in [0.2, 0.25) is 0 Å². The molecule has 17 heavy (non-hydrogen) atoms. The quantitative estimate of drug-likeness (QED) is 0.917. The molecule has 0 radical (unpaired) electrons. The summed E-state index contributed by atoms with van der Waals surface area (Å²) in [5, 5.41) is 17.5. The molecule has 1 aromatic carbocycles. The molecule has 1 aromatic heterocycles. The lowest BCUT2D eigenvalue weighted by Crippen LogP contribution is -1.96. The van der Waals surface area contributed by atoms with Crippen LogP contribution in [0.25, 0.3) is 5.69 Å². The zero-order valence-corrected chi connectivity index (χ0v) is 9.89. The molecule has 0 spiro atoms. The van der Waals surface area contributed by atoms with Crippen LogP contribution < -0.4 is 0 Å². The van der Waals surface area contributed by atoms with Crippen molar-refractivity contribution < 1.29 is 9.50 Å². The van der Waals surface area contributed by atoms with Crippen LogP contribution in [0, 0.1) is 5.82 Å². The van der Waals surface area contributed by atoms with E-state index in [1.54, 1.807) is 12.3 Å². The molecule has 6 heteroatoms. The van der Waals surface area contributed by atoms with E-state index in [0.717, 1.165) is 0 Å². The fourth-order valence-electron chi connectivity index (χ4n) is 1.44. The molecule has 0 aliphatic rings. The number of benzene rings is 1. The van der Waals surface area contributed by atoms with E-state index in [9.17, 15) is 9.50 Å². The highest BCUT2D eigenvalue weighted by molar-refractivity contribution is 6.30. The summed E-state index contributed by atoms with van der Waals surface area (Å²) in [5.41, 5.74) is 0.921. The van der Waals surface area contributed by atoms with Crippen molar-refractivity contribution in [2.24, 2.45) is 0 Å². The fraction of sp³-hybridized carbons (Fsp3) is 0.273. The maximum absolute atomic E-state index is 13.1. The van der Waals surface area contributed by atoms with E-state index < -0.39 is 11.9 Å². The Balaban J connectivity index is 2.36. The van der Waals surface area contributed by atoms with E-state index in [1.165, 1.54) is 16.8 Å². The topological polar surface area (TPSA) is 50.9 Å². The summed E-state index contributed by atoms with van der Waals surface area (Å²) in [7, 11) is 0. The van der Waals surface area contributed by atoms with Gasteiger partial charge in [-0.1, -0.05) is 23.7 Å². The first-order valence-electron chi connectivity index (χ1n) is 5.17. The predicted octanol–water partition coefficient (Wildman–Crippen LogP) is 2.50. The Hall–Kier alpha value is -1.46. The number of hydrogen-bond donors (Lipinski definition) is 1. The summed E-state index contributed by atoms with van der Waals surface area (Å²) < 4.78 is 14.5. The molecular formula is C11H11ClFN3O. The van der Waals surface area contributed by atoms with Crippen LogP contribution in [0.15, 0.2) is 24.4 Å². The first-order chi connectivity index (χ1) is 8.10. The maximum Gasteiger partial charge on any atom is 0.126 e. The van der Waals surface area contributed by atoms with Crippen molar-refractivity contribution in [2.75, 3.05) is 0 Å². The number of nitrogens with zero attached hydrogens (tertiary/aromatic N) is 3. The third kappa shape index (κ3) is 2.62. The number of rotatable bonds is 3. The van der Waals surface area contributed by atoms with Crippen molar-refractivity contribution in [2.45, 2.75) is 19.4 Å². The Kier molecular flexibility index (Phi) is 3.40. The molecular weight excluding hydrogens is 245 g/mol. The monoisotopic (exact) mass is 255 g/mol. The van der Waals surface area contributed by atoms with Crippen LogP contribution in [0.5, 0.6) is 0 Å². The van der Waals surface area contributed by atoms with Gasteiger partial charge in [0.05, 0.1) is 18.0 Å². The van der Waals surface area contributed by atoms with Crippen molar-refractivity contribution in [3.05, 3.63) is 40.9 Å². The second kappa shape index (κ2) is 4.81. The van der Waals surface area contributed by atoms with Gasteiger partial charge in [0.1, 0.15) is 11.5 Å². The number of aliphatic hydroxyl groups excluding tert-OH is 1. The molecule has 0 amide bonds. The van der Waals surface area contributed by atoms with Gasteiger partial charge >= 0.3 is 0 Å². The molecule has 90 valence electrons. The van der Waals surface area contributed by atoms with Crippen molar-refractivity contribution in [3.8, 4) is 5.69 Å². The van der Waals surface area contributed by atoms with Gasteiger partial charge < -0.3 is 5.11 Å². The minimum absolute atomic E-state index is 0.285. The fourth-order valence-corrected chi connectivity index (χ4v) is 1.65. The summed E-state index contributed by atoms with van der Waals surface area (Å²) >= 11 is 5.75. The second-order valence-corrected chi connectivity index (χ2v) is 4.08. The van der Waals surface area contributed by atoms with Crippen LogP contribution >= 0.6 is 11.6 Å². The molecule has 1 atom stereocenters. The largest absolute Gasteiger partial charge is 0.387 e. The summed E-state index contributed by atoms with van der Waals surface area (Å²) in [4.78, 5) is 0. The minimum atomic E-state index is -0.659. The lowest BCUT2D eigenvalue weighted by molar-refractivity contribution is 0.169. The molecule has 2 rings (SSSR count). The standard InChI is InChI=1S/C11H11ClFN3O/c1-2-11(17)10-6-16(15-14-10)9-4-7(12)3-8(13)5-9/h3-6,11,17H,2H2,1H3. The van der Waals surface area contributed by atoms with Crippen LogP contribution in [0.4, 0.5) is 4.39 Å². The average molecular weight is 256 g/mol. The highest BCUT2D eigenvalue weighted by Gasteiger charge is 2.11. The Morgan fingerprint density at radius 3 is 2.88 bits per heavy atom. The molecule has 1 heterocycles. The molecule has 0 aliphatic heterocycles. The smallest absolute Gasteiger partial charge is 0.126 e. The van der Waals surface area contributed by atoms with Crippen LogP contribution in [-0.4, -0.2) is 20.1 Å². The van der Waals surface area contributed by atoms with E-state index in [0.29, 0.717) is 17.8 Å². The number of halogens is 2. The normalized spacial score (nSPS) is 12.7. The van der Waals surface area contributed by atoms with Gasteiger partial charge in [0.15, 0.2) is 0 Å². The summed E-state index contributed by atoms with van der Waals surface area (Å²) in [6.45, 7) is 1.84. The molecule has 2 aromatic rings. The first-order valence-corrected chi connectivity index (χ1v) is 5.54. The minimum Gasteiger partial charge on any atom is -0.387 e. The van der Waals surface area contributed by atoms with Gasteiger partial charge in [-0.2, -0.15) is 0 Å². The Labute approximate surface area is 103 Å². The van der Waals surface area contributed by atoms with E-state index >= 15 is 0 Å². The Morgan fingerprint density at radius 2 is 2.24 bits per heavy atom.